The Morgan fingerprint density at radius 3 is 2.67 bits per heavy atom. The Labute approximate surface area is 111 Å². The molecule has 0 amide bonds. The van der Waals surface area contributed by atoms with E-state index in [4.69, 9.17) is 17.3 Å². The molecule has 0 aliphatic rings. The molecule has 0 bridgehead atoms. The molecule has 0 atom stereocenters. The van der Waals surface area contributed by atoms with Crippen molar-refractivity contribution in [1.82, 2.24) is 0 Å². The molecule has 2 rings (SSSR count). The van der Waals surface area contributed by atoms with E-state index >= 15 is 0 Å². The SMILES string of the molecule is CCc1cccc(C(=O)c2ccc(Cl)cc2N)c1. The molecular weight excluding hydrogens is 246 g/mol. The predicted molar refractivity (Wildman–Crippen MR) is 75.1 cm³/mol. The van der Waals surface area contributed by atoms with E-state index in [1.807, 2.05) is 18.2 Å². The molecule has 2 N–H and O–H groups in total. The maximum absolute atomic E-state index is 12.3. The topological polar surface area (TPSA) is 43.1 Å². The van der Waals surface area contributed by atoms with E-state index in [0.717, 1.165) is 12.0 Å². The van der Waals surface area contributed by atoms with Crippen LogP contribution < -0.4 is 5.73 Å². The summed E-state index contributed by atoms with van der Waals surface area (Å²) in [4.78, 5) is 12.3. The Balaban J connectivity index is 2.41. The molecule has 2 aromatic rings. The van der Waals surface area contributed by atoms with Crippen LogP contribution in [0.3, 0.4) is 0 Å². The zero-order valence-corrected chi connectivity index (χ0v) is 10.9. The number of hydrogen-bond acceptors (Lipinski definition) is 2. The molecule has 0 spiro atoms. The van der Waals surface area contributed by atoms with Gasteiger partial charge in [-0.2, -0.15) is 0 Å². The van der Waals surface area contributed by atoms with Crippen LogP contribution in [0, 0.1) is 0 Å². The summed E-state index contributed by atoms with van der Waals surface area (Å²) in [7, 11) is 0. The largest absolute Gasteiger partial charge is 0.398 e. The molecule has 92 valence electrons. The van der Waals surface area contributed by atoms with Gasteiger partial charge in [-0.3, -0.25) is 4.79 Å². The molecular formula is C15H14ClNO. The van der Waals surface area contributed by atoms with Gasteiger partial charge in [-0.15, -0.1) is 0 Å². The van der Waals surface area contributed by atoms with Gasteiger partial charge >= 0.3 is 0 Å². The Kier molecular flexibility index (Phi) is 3.68. The maximum atomic E-state index is 12.3. The van der Waals surface area contributed by atoms with Crippen molar-refractivity contribution in [2.24, 2.45) is 0 Å². The predicted octanol–water partition coefficient (Wildman–Crippen LogP) is 3.72. The molecule has 18 heavy (non-hydrogen) atoms. The van der Waals surface area contributed by atoms with Gasteiger partial charge in [0.05, 0.1) is 0 Å². The van der Waals surface area contributed by atoms with E-state index in [-0.39, 0.29) is 5.78 Å². The van der Waals surface area contributed by atoms with Crippen molar-refractivity contribution in [3.05, 3.63) is 64.2 Å². The molecule has 0 aliphatic heterocycles. The first-order chi connectivity index (χ1) is 8.61. The van der Waals surface area contributed by atoms with Gasteiger partial charge in [0.2, 0.25) is 0 Å². The summed E-state index contributed by atoms with van der Waals surface area (Å²) >= 11 is 5.82. The molecule has 0 heterocycles. The number of nitrogens with two attached hydrogens (primary N) is 1. The lowest BCUT2D eigenvalue weighted by Gasteiger charge is -2.06. The number of carbonyl (C=O) groups excluding carboxylic acids is 1. The zero-order valence-electron chi connectivity index (χ0n) is 10.1. The minimum Gasteiger partial charge on any atom is -0.398 e. The number of carbonyl (C=O) groups is 1. The number of ketones is 1. The standard InChI is InChI=1S/C15H14ClNO/c1-2-10-4-3-5-11(8-10)15(18)13-7-6-12(16)9-14(13)17/h3-9H,2,17H2,1H3. The number of hydrogen-bond donors (Lipinski definition) is 1. The van der Waals surface area contributed by atoms with Crippen molar-refractivity contribution >= 4 is 23.1 Å². The second-order valence-corrected chi connectivity index (χ2v) is 4.55. The first-order valence-corrected chi connectivity index (χ1v) is 6.18. The minimum absolute atomic E-state index is 0.0699. The van der Waals surface area contributed by atoms with Gasteiger partial charge < -0.3 is 5.73 Å². The Bertz CT molecular complexity index is 593. The van der Waals surface area contributed by atoms with E-state index in [1.54, 1.807) is 24.3 Å². The third kappa shape index (κ3) is 2.54. The summed E-state index contributed by atoms with van der Waals surface area (Å²) in [6, 6.07) is 12.5. The Morgan fingerprint density at radius 2 is 2.00 bits per heavy atom. The fourth-order valence-electron chi connectivity index (χ4n) is 1.83. The second-order valence-electron chi connectivity index (χ2n) is 4.11. The number of halogens is 1. The highest BCUT2D eigenvalue weighted by atomic mass is 35.5. The van der Waals surface area contributed by atoms with Crippen LogP contribution in [-0.2, 0) is 6.42 Å². The van der Waals surface area contributed by atoms with Crippen LogP contribution in [0.5, 0.6) is 0 Å². The summed E-state index contributed by atoms with van der Waals surface area (Å²) in [5.41, 5.74) is 8.52. The van der Waals surface area contributed by atoms with Crippen LogP contribution in [0.2, 0.25) is 5.02 Å². The summed E-state index contributed by atoms with van der Waals surface area (Å²) in [6.07, 6.45) is 0.900. The monoisotopic (exact) mass is 259 g/mol. The number of aryl methyl sites for hydroxylation is 1. The highest BCUT2D eigenvalue weighted by molar-refractivity contribution is 6.31. The van der Waals surface area contributed by atoms with E-state index in [9.17, 15) is 4.79 Å². The van der Waals surface area contributed by atoms with E-state index in [0.29, 0.717) is 21.8 Å². The third-order valence-electron chi connectivity index (χ3n) is 2.86. The lowest BCUT2D eigenvalue weighted by Crippen LogP contribution is -2.05. The summed E-state index contributed by atoms with van der Waals surface area (Å²) in [5, 5.41) is 0.534. The minimum atomic E-state index is -0.0699. The average molecular weight is 260 g/mol. The average Bonchev–Trinajstić information content (AvgIpc) is 2.38. The van der Waals surface area contributed by atoms with E-state index < -0.39 is 0 Å². The van der Waals surface area contributed by atoms with Gasteiger partial charge in [0, 0.05) is 21.8 Å². The molecule has 3 heteroatoms. The molecule has 0 radical (unpaired) electrons. The number of anilines is 1. The van der Waals surface area contributed by atoms with E-state index in [2.05, 4.69) is 6.92 Å². The van der Waals surface area contributed by atoms with E-state index in [1.165, 1.54) is 0 Å². The lowest BCUT2D eigenvalue weighted by atomic mass is 9.99. The summed E-state index contributed by atoms with van der Waals surface area (Å²) in [6.45, 7) is 2.06. The molecule has 2 nitrogen and oxygen atoms in total. The molecule has 0 unspecified atom stereocenters. The van der Waals surface area contributed by atoms with Crippen LogP contribution in [0.4, 0.5) is 5.69 Å². The van der Waals surface area contributed by atoms with Crippen molar-refractivity contribution in [1.29, 1.82) is 0 Å². The number of rotatable bonds is 3. The van der Waals surface area contributed by atoms with Gasteiger partial charge in [0.15, 0.2) is 5.78 Å². The molecule has 2 aromatic carbocycles. The molecule has 0 saturated carbocycles. The van der Waals surface area contributed by atoms with Crippen molar-refractivity contribution in [2.75, 3.05) is 5.73 Å². The Morgan fingerprint density at radius 1 is 1.22 bits per heavy atom. The van der Waals surface area contributed by atoms with Crippen molar-refractivity contribution in [2.45, 2.75) is 13.3 Å². The normalized spacial score (nSPS) is 10.3. The highest BCUT2D eigenvalue weighted by Gasteiger charge is 2.12. The smallest absolute Gasteiger partial charge is 0.195 e. The number of benzene rings is 2. The van der Waals surface area contributed by atoms with Gasteiger partial charge in [0.25, 0.3) is 0 Å². The van der Waals surface area contributed by atoms with Crippen molar-refractivity contribution in [3.63, 3.8) is 0 Å². The van der Waals surface area contributed by atoms with Crippen LogP contribution in [0.1, 0.15) is 28.4 Å². The fraction of sp³-hybridized carbons (Fsp3) is 0.133. The zero-order chi connectivity index (χ0) is 13.1. The van der Waals surface area contributed by atoms with Crippen molar-refractivity contribution < 1.29 is 4.79 Å². The van der Waals surface area contributed by atoms with Crippen LogP contribution in [-0.4, -0.2) is 5.78 Å². The van der Waals surface area contributed by atoms with Gasteiger partial charge in [-0.05, 0) is 36.2 Å². The molecule has 0 saturated heterocycles. The molecule has 0 fully saturated rings. The maximum Gasteiger partial charge on any atom is 0.195 e. The molecule has 0 aliphatic carbocycles. The van der Waals surface area contributed by atoms with Gasteiger partial charge in [0.1, 0.15) is 0 Å². The quantitative estimate of drug-likeness (QED) is 0.674. The third-order valence-corrected chi connectivity index (χ3v) is 3.09. The fourth-order valence-corrected chi connectivity index (χ4v) is 2.01. The highest BCUT2D eigenvalue weighted by Crippen LogP contribution is 2.21. The second kappa shape index (κ2) is 5.23. The van der Waals surface area contributed by atoms with Gasteiger partial charge in [-0.1, -0.05) is 36.7 Å². The first kappa shape index (κ1) is 12.7. The number of nitrogen functional groups attached to an aromatic ring is 1. The van der Waals surface area contributed by atoms with Gasteiger partial charge in [-0.25, -0.2) is 0 Å². The van der Waals surface area contributed by atoms with Crippen LogP contribution >= 0.6 is 11.6 Å². The van der Waals surface area contributed by atoms with Crippen molar-refractivity contribution in [3.8, 4) is 0 Å². The van der Waals surface area contributed by atoms with Crippen LogP contribution in [0.15, 0.2) is 42.5 Å². The first-order valence-electron chi connectivity index (χ1n) is 5.80. The lowest BCUT2D eigenvalue weighted by molar-refractivity contribution is 0.103. The van der Waals surface area contributed by atoms with Crippen LogP contribution in [0.25, 0.3) is 0 Å². The Hall–Kier alpha value is -1.80. The summed E-state index contributed by atoms with van der Waals surface area (Å²) < 4.78 is 0. The molecule has 0 aromatic heterocycles. The summed E-state index contributed by atoms with van der Waals surface area (Å²) in [5.74, 6) is -0.0699.